The van der Waals surface area contributed by atoms with E-state index < -0.39 is 0 Å². The van der Waals surface area contributed by atoms with Crippen LogP contribution in [-0.4, -0.2) is 70.0 Å². The third-order valence-corrected chi connectivity index (χ3v) is 6.63. The maximum Gasteiger partial charge on any atom is 0.276 e. The lowest BCUT2D eigenvalue weighted by atomic mass is 10.00. The number of aryl methyl sites for hydroxylation is 1. The van der Waals surface area contributed by atoms with Gasteiger partial charge in [0.2, 0.25) is 0 Å². The van der Waals surface area contributed by atoms with Gasteiger partial charge in [-0.2, -0.15) is 0 Å². The van der Waals surface area contributed by atoms with E-state index in [4.69, 9.17) is 4.74 Å². The van der Waals surface area contributed by atoms with E-state index in [2.05, 4.69) is 34.3 Å². The van der Waals surface area contributed by atoms with Crippen molar-refractivity contribution in [3.05, 3.63) is 41.7 Å². The summed E-state index contributed by atoms with van der Waals surface area (Å²) in [7, 11) is 1.70. The monoisotopic (exact) mass is 411 g/mol. The third-order valence-electron chi connectivity index (χ3n) is 6.63. The highest BCUT2D eigenvalue weighted by molar-refractivity contribution is 5.92. The number of amides is 1. The van der Waals surface area contributed by atoms with Crippen LogP contribution in [0.1, 0.15) is 61.1 Å². The molecule has 1 unspecified atom stereocenters. The molecule has 1 atom stereocenters. The van der Waals surface area contributed by atoms with Gasteiger partial charge < -0.3 is 14.5 Å². The Morgan fingerprint density at radius 3 is 2.50 bits per heavy atom. The number of nitrogens with zero attached hydrogens (tertiary/aromatic N) is 5. The highest BCUT2D eigenvalue weighted by Crippen LogP contribution is 2.25. The smallest absolute Gasteiger partial charge is 0.276 e. The molecule has 0 aliphatic carbocycles. The van der Waals surface area contributed by atoms with Gasteiger partial charge in [0.1, 0.15) is 5.75 Å². The molecular formula is C23H33N5O2. The maximum atomic E-state index is 12.5. The molecule has 0 bridgehead atoms. The minimum absolute atomic E-state index is 0.0309. The molecule has 2 aliphatic heterocycles. The van der Waals surface area contributed by atoms with Crippen LogP contribution in [0.15, 0.2) is 30.5 Å². The van der Waals surface area contributed by atoms with E-state index in [0.717, 1.165) is 70.5 Å². The molecule has 1 aromatic carbocycles. The molecule has 3 heterocycles. The van der Waals surface area contributed by atoms with E-state index >= 15 is 0 Å². The first-order valence-electron chi connectivity index (χ1n) is 11.2. The van der Waals surface area contributed by atoms with Gasteiger partial charge in [0.25, 0.3) is 5.91 Å². The summed E-state index contributed by atoms with van der Waals surface area (Å²) in [5.41, 5.74) is 1.85. The van der Waals surface area contributed by atoms with Crippen LogP contribution in [0.25, 0.3) is 0 Å². The number of rotatable bonds is 7. The molecule has 0 spiro atoms. The van der Waals surface area contributed by atoms with Crippen molar-refractivity contribution in [1.29, 1.82) is 0 Å². The van der Waals surface area contributed by atoms with Gasteiger partial charge in [-0.15, -0.1) is 5.10 Å². The minimum Gasteiger partial charge on any atom is -0.497 e. The summed E-state index contributed by atoms with van der Waals surface area (Å²) in [4.78, 5) is 17.0. The van der Waals surface area contributed by atoms with Gasteiger partial charge in [0, 0.05) is 32.2 Å². The van der Waals surface area contributed by atoms with E-state index in [1.165, 1.54) is 5.56 Å². The summed E-state index contributed by atoms with van der Waals surface area (Å²) in [5, 5.41) is 8.45. The fourth-order valence-corrected chi connectivity index (χ4v) is 4.58. The number of benzene rings is 1. The second-order valence-corrected chi connectivity index (χ2v) is 8.59. The fourth-order valence-electron chi connectivity index (χ4n) is 4.58. The van der Waals surface area contributed by atoms with Crippen molar-refractivity contribution in [2.45, 2.75) is 57.5 Å². The topological polar surface area (TPSA) is 63.5 Å². The Labute approximate surface area is 179 Å². The van der Waals surface area contributed by atoms with Gasteiger partial charge in [-0.05, 0) is 63.1 Å². The molecule has 7 nitrogen and oxygen atoms in total. The third kappa shape index (κ3) is 4.83. The molecule has 30 heavy (non-hydrogen) atoms. The predicted molar refractivity (Wildman–Crippen MR) is 116 cm³/mol. The van der Waals surface area contributed by atoms with Crippen molar-refractivity contribution in [2.24, 2.45) is 0 Å². The van der Waals surface area contributed by atoms with Gasteiger partial charge in [-0.1, -0.05) is 17.3 Å². The number of hydrogen-bond donors (Lipinski definition) is 0. The Balaban J connectivity index is 1.24. The van der Waals surface area contributed by atoms with Crippen LogP contribution < -0.4 is 4.74 Å². The average Bonchev–Trinajstić information content (AvgIpc) is 3.50. The quantitative estimate of drug-likeness (QED) is 0.700. The van der Waals surface area contributed by atoms with Crippen molar-refractivity contribution >= 4 is 5.91 Å². The van der Waals surface area contributed by atoms with Gasteiger partial charge >= 0.3 is 0 Å². The summed E-state index contributed by atoms with van der Waals surface area (Å²) in [6, 6.07) is 9.27. The van der Waals surface area contributed by atoms with E-state index in [0.29, 0.717) is 17.8 Å². The summed E-state index contributed by atoms with van der Waals surface area (Å²) in [6.45, 7) is 6.14. The summed E-state index contributed by atoms with van der Waals surface area (Å²) < 4.78 is 7.16. The summed E-state index contributed by atoms with van der Waals surface area (Å²) in [6.07, 6.45) is 8.37. The SMILES string of the molecule is COc1ccc(CCC(C)N2CCC(n3cc(C(=O)N4CCCC4)nn3)CC2)cc1. The molecule has 7 heteroatoms. The Morgan fingerprint density at radius 1 is 1.13 bits per heavy atom. The first-order chi connectivity index (χ1) is 14.6. The van der Waals surface area contributed by atoms with E-state index in [1.807, 2.05) is 27.9 Å². The molecule has 2 aromatic rings. The number of hydrogen-bond acceptors (Lipinski definition) is 5. The molecule has 0 radical (unpaired) electrons. The van der Waals surface area contributed by atoms with Crippen LogP contribution in [0.3, 0.4) is 0 Å². The van der Waals surface area contributed by atoms with Crippen LogP contribution in [0, 0.1) is 0 Å². The van der Waals surface area contributed by atoms with Crippen molar-refractivity contribution < 1.29 is 9.53 Å². The average molecular weight is 412 g/mol. The van der Waals surface area contributed by atoms with Crippen molar-refractivity contribution in [3.63, 3.8) is 0 Å². The van der Waals surface area contributed by atoms with Crippen LogP contribution >= 0.6 is 0 Å². The van der Waals surface area contributed by atoms with Crippen LogP contribution in [0.2, 0.25) is 0 Å². The normalized spacial score (nSPS) is 19.2. The van der Waals surface area contributed by atoms with Crippen molar-refractivity contribution in [1.82, 2.24) is 24.8 Å². The van der Waals surface area contributed by atoms with E-state index in [1.54, 1.807) is 7.11 Å². The Morgan fingerprint density at radius 2 is 1.83 bits per heavy atom. The molecule has 2 fully saturated rings. The van der Waals surface area contributed by atoms with Crippen LogP contribution in [0.4, 0.5) is 0 Å². The minimum atomic E-state index is 0.0309. The van der Waals surface area contributed by atoms with Crippen molar-refractivity contribution in [2.75, 3.05) is 33.3 Å². The van der Waals surface area contributed by atoms with Crippen molar-refractivity contribution in [3.8, 4) is 5.75 Å². The van der Waals surface area contributed by atoms with Crippen LogP contribution in [0.5, 0.6) is 5.75 Å². The number of aromatic nitrogens is 3. The first-order valence-corrected chi connectivity index (χ1v) is 11.2. The summed E-state index contributed by atoms with van der Waals surface area (Å²) in [5.74, 6) is 0.940. The highest BCUT2D eigenvalue weighted by Gasteiger charge is 2.27. The van der Waals surface area contributed by atoms with Gasteiger partial charge in [0.05, 0.1) is 19.3 Å². The number of carbonyl (C=O) groups is 1. The second-order valence-electron chi connectivity index (χ2n) is 8.59. The summed E-state index contributed by atoms with van der Waals surface area (Å²) >= 11 is 0. The molecular weight excluding hydrogens is 378 g/mol. The highest BCUT2D eigenvalue weighted by atomic mass is 16.5. The zero-order valence-electron chi connectivity index (χ0n) is 18.2. The zero-order valence-corrected chi connectivity index (χ0v) is 18.2. The molecule has 4 rings (SSSR count). The Kier molecular flexibility index (Phi) is 6.67. The number of ether oxygens (including phenoxy) is 1. The largest absolute Gasteiger partial charge is 0.497 e. The Hall–Kier alpha value is -2.41. The lowest BCUT2D eigenvalue weighted by Crippen LogP contribution is -2.40. The predicted octanol–water partition coefficient (Wildman–Crippen LogP) is 3.18. The molecule has 1 amide bonds. The van der Waals surface area contributed by atoms with E-state index in [-0.39, 0.29) is 5.91 Å². The van der Waals surface area contributed by atoms with Gasteiger partial charge in [0.15, 0.2) is 5.69 Å². The molecule has 1 aromatic heterocycles. The molecule has 2 saturated heterocycles. The van der Waals surface area contributed by atoms with Gasteiger partial charge in [-0.3, -0.25) is 4.79 Å². The fraction of sp³-hybridized carbons (Fsp3) is 0.609. The van der Waals surface area contributed by atoms with Crippen LogP contribution in [-0.2, 0) is 6.42 Å². The van der Waals surface area contributed by atoms with E-state index in [9.17, 15) is 4.79 Å². The lowest BCUT2D eigenvalue weighted by molar-refractivity contribution is 0.0787. The molecule has 162 valence electrons. The first kappa shape index (κ1) is 20.8. The number of methoxy groups -OCH3 is 1. The second kappa shape index (κ2) is 9.60. The molecule has 2 aliphatic rings. The Bertz CT molecular complexity index is 820. The number of carbonyl (C=O) groups excluding carboxylic acids is 1. The zero-order chi connectivity index (χ0) is 20.9. The number of piperidine rings is 1. The van der Waals surface area contributed by atoms with Gasteiger partial charge in [-0.25, -0.2) is 4.68 Å². The molecule has 0 saturated carbocycles. The standard InChI is InChI=1S/C23H33N5O2/c1-18(5-6-19-7-9-21(30-2)10-8-19)26-15-11-20(12-16-26)28-17-22(24-25-28)23(29)27-13-3-4-14-27/h7-10,17-18,20H,3-6,11-16H2,1-2H3. The molecule has 0 N–H and O–H groups in total. The number of likely N-dealkylation sites (tertiary alicyclic amines) is 2. The maximum absolute atomic E-state index is 12.5. The lowest BCUT2D eigenvalue weighted by Gasteiger charge is -2.36.